The molecule has 0 spiro atoms. The topological polar surface area (TPSA) is 86.6 Å². The van der Waals surface area contributed by atoms with Crippen molar-refractivity contribution in [2.24, 2.45) is 5.84 Å². The van der Waals surface area contributed by atoms with E-state index >= 15 is 0 Å². The van der Waals surface area contributed by atoms with Crippen LogP contribution in [0.1, 0.15) is 0 Å². The summed E-state index contributed by atoms with van der Waals surface area (Å²) in [6.45, 7) is 0. The van der Waals surface area contributed by atoms with Crippen molar-refractivity contribution in [3.05, 3.63) is 29.9 Å². The molecule has 1 unspecified atom stereocenters. The van der Waals surface area contributed by atoms with E-state index in [1.54, 1.807) is 24.2 Å². The minimum atomic E-state index is -0.178. The maximum absolute atomic E-state index is 10.2. The number of hydrazine groups is 1. The van der Waals surface area contributed by atoms with Crippen molar-refractivity contribution in [2.45, 2.75) is 6.04 Å². The number of halogens is 1. The predicted molar refractivity (Wildman–Crippen MR) is 49.5 cm³/mol. The summed E-state index contributed by atoms with van der Waals surface area (Å²) in [5.41, 5.74) is 3.00. The number of hydrogen-bond donors (Lipinski definition) is 2. The highest BCUT2D eigenvalue weighted by Gasteiger charge is 2.08. The zero-order chi connectivity index (χ0) is 7.40. The van der Waals surface area contributed by atoms with Gasteiger partial charge in [-0.2, -0.15) is 0 Å². The van der Waals surface area contributed by atoms with Crippen molar-refractivity contribution in [3.63, 3.8) is 0 Å². The van der Waals surface area contributed by atoms with Gasteiger partial charge in [-0.1, -0.05) is 18.2 Å². The maximum Gasteiger partial charge on any atom is 0.130 e. The Bertz CT molecular complexity index is 232. The smallest absolute Gasteiger partial charge is 0.130 e. The molecule has 0 saturated heterocycles. The van der Waals surface area contributed by atoms with Crippen LogP contribution in [0.5, 0.6) is 0 Å². The fourth-order valence-electron chi connectivity index (χ4n) is 0.785. The third kappa shape index (κ3) is 3.00. The van der Waals surface area contributed by atoms with Gasteiger partial charge in [0.15, 0.2) is 0 Å². The third-order valence-corrected chi connectivity index (χ3v) is 1.32. The monoisotopic (exact) mass is 190 g/mol. The first-order valence-electron chi connectivity index (χ1n) is 2.94. The molecule has 0 amide bonds. The number of rotatable bonds is 1. The van der Waals surface area contributed by atoms with Gasteiger partial charge in [0.2, 0.25) is 0 Å². The lowest BCUT2D eigenvalue weighted by molar-refractivity contribution is 0.564. The second-order valence-electron chi connectivity index (χ2n) is 1.95. The van der Waals surface area contributed by atoms with Gasteiger partial charge in [0.05, 0.1) is 11.6 Å². The fraction of sp³-hybridized carbons (Fsp3) is 0.143. The van der Waals surface area contributed by atoms with Crippen molar-refractivity contribution in [2.75, 3.05) is 0 Å². The van der Waals surface area contributed by atoms with Crippen LogP contribution in [0.3, 0.4) is 0 Å². The second-order valence-corrected chi connectivity index (χ2v) is 1.95. The van der Waals surface area contributed by atoms with E-state index in [-0.39, 0.29) is 23.9 Å². The molecule has 0 aromatic heterocycles. The molecular weight excluding hydrogens is 180 g/mol. The molecule has 1 rings (SSSR count). The summed E-state index contributed by atoms with van der Waals surface area (Å²) >= 11 is 0. The van der Waals surface area contributed by atoms with Gasteiger partial charge in [0, 0.05) is 0 Å². The van der Waals surface area contributed by atoms with Crippen LogP contribution < -0.4 is 11.3 Å². The van der Waals surface area contributed by atoms with Gasteiger partial charge in [-0.05, 0) is 6.08 Å². The van der Waals surface area contributed by atoms with Crippen LogP contribution in [0.15, 0.2) is 29.9 Å². The van der Waals surface area contributed by atoms with Crippen LogP contribution in [0, 0.1) is 0 Å². The van der Waals surface area contributed by atoms with Gasteiger partial charge < -0.3 is 5.48 Å². The van der Waals surface area contributed by atoms with Crippen molar-refractivity contribution >= 4 is 18.3 Å². The average Bonchev–Trinajstić information content (AvgIpc) is 2.04. The van der Waals surface area contributed by atoms with Gasteiger partial charge in [0.1, 0.15) is 5.94 Å². The molecule has 5 heteroatoms. The third-order valence-electron chi connectivity index (χ3n) is 1.32. The molecule has 68 valence electrons. The van der Waals surface area contributed by atoms with E-state index in [2.05, 4.69) is 5.43 Å². The van der Waals surface area contributed by atoms with E-state index in [0.29, 0.717) is 5.57 Å². The molecule has 0 bridgehead atoms. The highest BCUT2D eigenvalue weighted by Crippen LogP contribution is 2.06. The Morgan fingerprint density at radius 3 is 2.58 bits per heavy atom. The van der Waals surface area contributed by atoms with Gasteiger partial charge >= 0.3 is 0 Å². The average molecular weight is 191 g/mol. The number of nitrogens with two attached hydrogens (primary N) is 1. The lowest BCUT2D eigenvalue weighted by Gasteiger charge is -2.10. The molecule has 1 atom stereocenters. The molecule has 0 radical (unpaired) electrons. The van der Waals surface area contributed by atoms with E-state index in [0.717, 1.165) is 0 Å². The van der Waals surface area contributed by atoms with Crippen molar-refractivity contribution in [3.8, 4) is 0 Å². The zero-order valence-corrected chi connectivity index (χ0v) is 7.10. The molecule has 1 aliphatic carbocycles. The van der Waals surface area contributed by atoms with Crippen LogP contribution in [0.4, 0.5) is 0 Å². The Kier molecular flexibility index (Phi) is 7.73. The van der Waals surface area contributed by atoms with E-state index in [1.807, 2.05) is 6.08 Å². The van der Waals surface area contributed by atoms with Crippen LogP contribution in [0.25, 0.3) is 0 Å². The summed E-state index contributed by atoms with van der Waals surface area (Å²) in [5, 5.41) is 0. The van der Waals surface area contributed by atoms with Crippen LogP contribution >= 0.6 is 12.4 Å². The summed E-state index contributed by atoms with van der Waals surface area (Å²) in [5.74, 6) is 6.93. The Morgan fingerprint density at radius 2 is 2.17 bits per heavy atom. The van der Waals surface area contributed by atoms with Crippen LogP contribution in [-0.4, -0.2) is 17.5 Å². The number of carbonyl (C=O) groups excluding carboxylic acids is 1. The molecule has 0 aromatic carbocycles. The first-order valence-corrected chi connectivity index (χ1v) is 2.94. The fourth-order valence-corrected chi connectivity index (χ4v) is 0.785. The number of allylic oxidation sites excluding steroid dienone is 2. The van der Waals surface area contributed by atoms with E-state index in [1.165, 1.54) is 0 Å². The highest BCUT2D eigenvalue weighted by atomic mass is 35.5. The molecule has 12 heavy (non-hydrogen) atoms. The van der Waals surface area contributed by atoms with E-state index in [4.69, 9.17) is 5.84 Å². The first kappa shape index (κ1) is 13.7. The lowest BCUT2D eigenvalue weighted by Crippen LogP contribution is -2.35. The summed E-state index contributed by atoms with van der Waals surface area (Å²) in [6.07, 6.45) is 7.07. The molecule has 5 N–H and O–H groups in total. The maximum atomic E-state index is 10.2. The number of hydrogen-bond acceptors (Lipinski definition) is 3. The van der Waals surface area contributed by atoms with Crippen molar-refractivity contribution < 1.29 is 10.3 Å². The molecule has 0 fully saturated rings. The van der Waals surface area contributed by atoms with Gasteiger partial charge in [0.25, 0.3) is 0 Å². The molecule has 0 aromatic rings. The van der Waals surface area contributed by atoms with Crippen LogP contribution in [-0.2, 0) is 4.79 Å². The van der Waals surface area contributed by atoms with Gasteiger partial charge in [-0.15, -0.1) is 12.4 Å². The second kappa shape index (κ2) is 6.79. The molecule has 0 aliphatic heterocycles. The SMILES string of the molecule is Cl.NNC1C=CC=CC1=C=O.O. The standard InChI is InChI=1S/C7H8N2O.ClH.H2O/c8-9-7-4-2-1-3-6(7)5-10;;/h1-4,7,9H,8H2;1H;1H2. The molecular formula is C7H11ClN2O2. The minimum Gasteiger partial charge on any atom is -0.412 e. The van der Waals surface area contributed by atoms with Crippen LogP contribution in [0.2, 0.25) is 0 Å². The molecule has 4 nitrogen and oxygen atoms in total. The highest BCUT2D eigenvalue weighted by molar-refractivity contribution is 5.85. The quantitative estimate of drug-likeness (QED) is 0.326. The summed E-state index contributed by atoms with van der Waals surface area (Å²) in [4.78, 5) is 10.2. The summed E-state index contributed by atoms with van der Waals surface area (Å²) < 4.78 is 0. The van der Waals surface area contributed by atoms with E-state index < -0.39 is 0 Å². The van der Waals surface area contributed by atoms with Gasteiger partial charge in [-0.25, -0.2) is 10.2 Å². The summed E-state index contributed by atoms with van der Waals surface area (Å²) in [7, 11) is 0. The Labute approximate surface area is 76.5 Å². The minimum absolute atomic E-state index is 0. The van der Waals surface area contributed by atoms with Gasteiger partial charge in [-0.3, -0.25) is 5.84 Å². The summed E-state index contributed by atoms with van der Waals surface area (Å²) in [6, 6.07) is -0.178. The largest absolute Gasteiger partial charge is 0.412 e. The van der Waals surface area contributed by atoms with Crippen molar-refractivity contribution in [1.82, 2.24) is 5.43 Å². The van der Waals surface area contributed by atoms with Crippen molar-refractivity contribution in [1.29, 1.82) is 0 Å². The molecule has 0 heterocycles. The molecule has 1 aliphatic rings. The zero-order valence-electron chi connectivity index (χ0n) is 6.28. The van der Waals surface area contributed by atoms with E-state index in [9.17, 15) is 4.79 Å². The first-order chi connectivity index (χ1) is 4.88. The Morgan fingerprint density at radius 1 is 1.50 bits per heavy atom. The molecule has 0 saturated carbocycles. The normalized spacial score (nSPS) is 19.1. The number of nitrogens with one attached hydrogen (secondary N) is 1. The predicted octanol–water partition coefficient (Wildman–Crippen LogP) is -0.701. The Balaban J connectivity index is 0. The Hall–Kier alpha value is -0.900. The lowest BCUT2D eigenvalue weighted by atomic mass is 10.1.